The lowest BCUT2D eigenvalue weighted by atomic mass is 9.94. The van der Waals surface area contributed by atoms with E-state index in [9.17, 15) is 4.79 Å². The van der Waals surface area contributed by atoms with Crippen molar-refractivity contribution in [2.45, 2.75) is 52.6 Å². The first-order valence-corrected chi connectivity index (χ1v) is 6.91. The van der Waals surface area contributed by atoms with E-state index in [0.717, 1.165) is 24.1 Å². The van der Waals surface area contributed by atoms with Gasteiger partial charge in [0.05, 0.1) is 5.54 Å². The number of nitrogens with zero attached hydrogens (tertiary/aromatic N) is 1. The Morgan fingerprint density at radius 2 is 1.89 bits per heavy atom. The van der Waals surface area contributed by atoms with Crippen molar-refractivity contribution in [1.82, 2.24) is 4.90 Å². The molecular formula is C16H24N2O. The van der Waals surface area contributed by atoms with Crippen LogP contribution in [-0.4, -0.2) is 28.9 Å². The first kappa shape index (κ1) is 14.1. The lowest BCUT2D eigenvalue weighted by molar-refractivity contribution is 0.0636. The first-order chi connectivity index (χ1) is 8.76. The molecule has 1 atom stereocenters. The van der Waals surface area contributed by atoms with Crippen LogP contribution >= 0.6 is 0 Å². The second-order valence-electron chi connectivity index (χ2n) is 6.19. The van der Waals surface area contributed by atoms with Gasteiger partial charge in [0.15, 0.2) is 0 Å². The standard InChI is InChI=1S/C16H24N2O/c1-10-6-7-13(12(3)11(10)2)15(19)18-9-8-14(17)16(18,4)5/h6-7,14H,8-9,17H2,1-5H3. The van der Waals surface area contributed by atoms with E-state index in [1.807, 2.05) is 24.0 Å². The number of benzene rings is 1. The molecule has 0 radical (unpaired) electrons. The van der Waals surface area contributed by atoms with Crippen LogP contribution in [0.2, 0.25) is 0 Å². The highest BCUT2D eigenvalue weighted by molar-refractivity contribution is 5.96. The van der Waals surface area contributed by atoms with E-state index in [1.54, 1.807) is 0 Å². The van der Waals surface area contributed by atoms with Crippen LogP contribution in [0.3, 0.4) is 0 Å². The summed E-state index contributed by atoms with van der Waals surface area (Å²) in [5.41, 5.74) is 10.2. The molecule has 0 aliphatic carbocycles. The van der Waals surface area contributed by atoms with E-state index in [1.165, 1.54) is 11.1 Å². The van der Waals surface area contributed by atoms with E-state index < -0.39 is 0 Å². The molecule has 1 aromatic carbocycles. The van der Waals surface area contributed by atoms with Gasteiger partial charge in [0.25, 0.3) is 5.91 Å². The number of carbonyl (C=O) groups excluding carboxylic acids is 1. The maximum atomic E-state index is 12.8. The number of hydrogen-bond donors (Lipinski definition) is 1. The van der Waals surface area contributed by atoms with E-state index in [0.29, 0.717) is 0 Å². The Labute approximate surface area is 115 Å². The highest BCUT2D eigenvalue weighted by Gasteiger charge is 2.42. The van der Waals surface area contributed by atoms with E-state index >= 15 is 0 Å². The van der Waals surface area contributed by atoms with Crippen molar-refractivity contribution in [3.05, 3.63) is 34.4 Å². The average molecular weight is 260 g/mol. The van der Waals surface area contributed by atoms with Crippen molar-refractivity contribution in [3.63, 3.8) is 0 Å². The smallest absolute Gasteiger partial charge is 0.254 e. The van der Waals surface area contributed by atoms with Crippen LogP contribution in [0, 0.1) is 20.8 Å². The van der Waals surface area contributed by atoms with Crippen LogP contribution in [0.1, 0.15) is 47.3 Å². The number of hydrogen-bond acceptors (Lipinski definition) is 2. The number of carbonyl (C=O) groups is 1. The molecule has 1 unspecified atom stereocenters. The molecule has 1 amide bonds. The summed E-state index contributed by atoms with van der Waals surface area (Å²) < 4.78 is 0. The maximum absolute atomic E-state index is 12.8. The Kier molecular flexibility index (Phi) is 3.43. The molecule has 1 saturated heterocycles. The second-order valence-corrected chi connectivity index (χ2v) is 6.19. The third-order valence-electron chi connectivity index (χ3n) is 4.80. The van der Waals surface area contributed by atoms with Crippen molar-refractivity contribution in [2.24, 2.45) is 5.73 Å². The minimum absolute atomic E-state index is 0.0586. The van der Waals surface area contributed by atoms with Crippen molar-refractivity contribution in [2.75, 3.05) is 6.54 Å². The molecule has 0 bridgehead atoms. The van der Waals surface area contributed by atoms with Gasteiger partial charge in [-0.25, -0.2) is 0 Å². The van der Waals surface area contributed by atoms with E-state index in [2.05, 4.69) is 27.7 Å². The summed E-state index contributed by atoms with van der Waals surface area (Å²) in [6.07, 6.45) is 0.878. The van der Waals surface area contributed by atoms with Gasteiger partial charge in [-0.3, -0.25) is 4.79 Å². The van der Waals surface area contributed by atoms with Crippen molar-refractivity contribution < 1.29 is 4.79 Å². The van der Waals surface area contributed by atoms with Gasteiger partial charge in [-0.15, -0.1) is 0 Å². The Morgan fingerprint density at radius 1 is 1.26 bits per heavy atom. The lowest BCUT2D eigenvalue weighted by Gasteiger charge is -2.35. The van der Waals surface area contributed by atoms with Gasteiger partial charge >= 0.3 is 0 Å². The number of aryl methyl sites for hydroxylation is 1. The molecule has 2 rings (SSSR count). The molecule has 19 heavy (non-hydrogen) atoms. The van der Waals surface area contributed by atoms with Gasteiger partial charge in [-0.2, -0.15) is 0 Å². The molecule has 1 fully saturated rings. The molecule has 3 heteroatoms. The Hall–Kier alpha value is -1.35. The summed E-state index contributed by atoms with van der Waals surface area (Å²) in [6, 6.07) is 4.03. The second kappa shape index (κ2) is 4.64. The SMILES string of the molecule is Cc1ccc(C(=O)N2CCC(N)C2(C)C)c(C)c1C. The maximum Gasteiger partial charge on any atom is 0.254 e. The summed E-state index contributed by atoms with van der Waals surface area (Å²) >= 11 is 0. The minimum Gasteiger partial charge on any atom is -0.332 e. The first-order valence-electron chi connectivity index (χ1n) is 6.91. The van der Waals surface area contributed by atoms with Gasteiger partial charge in [-0.05, 0) is 63.8 Å². The summed E-state index contributed by atoms with van der Waals surface area (Å²) in [7, 11) is 0. The molecule has 1 aliphatic heterocycles. The summed E-state index contributed by atoms with van der Waals surface area (Å²) in [4.78, 5) is 14.7. The highest BCUT2D eigenvalue weighted by atomic mass is 16.2. The number of rotatable bonds is 1. The summed E-state index contributed by atoms with van der Waals surface area (Å²) in [6.45, 7) is 11.0. The number of nitrogens with two attached hydrogens (primary N) is 1. The van der Waals surface area contributed by atoms with Gasteiger partial charge in [0.1, 0.15) is 0 Å². The quantitative estimate of drug-likeness (QED) is 0.843. The fraction of sp³-hybridized carbons (Fsp3) is 0.562. The van der Waals surface area contributed by atoms with Crippen LogP contribution in [0.5, 0.6) is 0 Å². The predicted molar refractivity (Wildman–Crippen MR) is 78.4 cm³/mol. The van der Waals surface area contributed by atoms with Gasteiger partial charge in [0.2, 0.25) is 0 Å². The fourth-order valence-electron chi connectivity index (χ4n) is 2.81. The normalized spacial score (nSPS) is 21.8. The topological polar surface area (TPSA) is 46.3 Å². The molecule has 0 spiro atoms. The summed E-state index contributed by atoms with van der Waals surface area (Å²) in [5, 5.41) is 0. The molecule has 1 aromatic rings. The zero-order valence-corrected chi connectivity index (χ0v) is 12.6. The Balaban J connectivity index is 2.39. The molecule has 104 valence electrons. The van der Waals surface area contributed by atoms with Gasteiger partial charge in [0, 0.05) is 18.2 Å². The van der Waals surface area contributed by atoms with Crippen molar-refractivity contribution in [1.29, 1.82) is 0 Å². The summed E-state index contributed by atoms with van der Waals surface area (Å²) in [5.74, 6) is 0.110. The Bertz CT molecular complexity index is 520. The van der Waals surface area contributed by atoms with Crippen molar-refractivity contribution in [3.8, 4) is 0 Å². The Morgan fingerprint density at radius 3 is 2.42 bits per heavy atom. The van der Waals surface area contributed by atoms with E-state index in [4.69, 9.17) is 5.73 Å². The van der Waals surface area contributed by atoms with E-state index in [-0.39, 0.29) is 17.5 Å². The third-order valence-corrected chi connectivity index (χ3v) is 4.80. The molecule has 0 aromatic heterocycles. The molecule has 2 N–H and O–H groups in total. The lowest BCUT2D eigenvalue weighted by Crippen LogP contribution is -2.51. The van der Waals surface area contributed by atoms with Gasteiger partial charge in [-0.1, -0.05) is 6.07 Å². The van der Waals surface area contributed by atoms with Crippen molar-refractivity contribution >= 4 is 5.91 Å². The monoisotopic (exact) mass is 260 g/mol. The zero-order valence-electron chi connectivity index (χ0n) is 12.6. The zero-order chi connectivity index (χ0) is 14.4. The number of likely N-dealkylation sites (tertiary alicyclic amines) is 1. The van der Waals surface area contributed by atoms with Crippen LogP contribution in [0.4, 0.5) is 0 Å². The molecule has 3 nitrogen and oxygen atoms in total. The van der Waals surface area contributed by atoms with Crippen LogP contribution in [0.15, 0.2) is 12.1 Å². The fourth-order valence-corrected chi connectivity index (χ4v) is 2.81. The van der Waals surface area contributed by atoms with Gasteiger partial charge < -0.3 is 10.6 Å². The number of amides is 1. The third kappa shape index (κ3) is 2.16. The molecular weight excluding hydrogens is 236 g/mol. The van der Waals surface area contributed by atoms with Crippen LogP contribution in [0.25, 0.3) is 0 Å². The van der Waals surface area contributed by atoms with Crippen LogP contribution in [-0.2, 0) is 0 Å². The molecule has 0 saturated carbocycles. The predicted octanol–water partition coefficient (Wildman–Crippen LogP) is 2.56. The minimum atomic E-state index is -0.262. The average Bonchev–Trinajstić information content (AvgIpc) is 2.61. The molecule has 1 heterocycles. The molecule has 1 aliphatic rings. The largest absolute Gasteiger partial charge is 0.332 e. The van der Waals surface area contributed by atoms with Crippen LogP contribution < -0.4 is 5.73 Å². The highest BCUT2D eigenvalue weighted by Crippen LogP contribution is 2.30.